The summed E-state index contributed by atoms with van der Waals surface area (Å²) in [5.74, 6) is -0.939. The second kappa shape index (κ2) is 10.1. The number of anilines is 1. The van der Waals surface area contributed by atoms with Crippen LogP contribution >= 0.6 is 23.2 Å². The van der Waals surface area contributed by atoms with Crippen LogP contribution in [0.2, 0.25) is 10.0 Å². The maximum atomic E-state index is 13.2. The molecule has 0 radical (unpaired) electrons. The minimum atomic E-state index is -3.74. The lowest BCUT2D eigenvalue weighted by Crippen LogP contribution is -2.50. The molecule has 0 bridgehead atoms. The standard InChI is InChI=1S/C20H23Cl2N3O4S/c1-14(20(27)23-2)24(12-15-9-10-16(21)11-18(15)22)19(26)13-25(30(3,28)29)17-7-5-4-6-8-17/h4-11,14H,12-13H2,1-3H3,(H,23,27)/t14-/m0/s1. The number of carbonyl (C=O) groups is 2. The van der Waals surface area contributed by atoms with Gasteiger partial charge in [-0.05, 0) is 36.8 Å². The van der Waals surface area contributed by atoms with Crippen LogP contribution in [0, 0.1) is 0 Å². The average Bonchev–Trinajstić information content (AvgIpc) is 2.70. The number of nitrogens with one attached hydrogen (secondary N) is 1. The minimum absolute atomic E-state index is 0.00974. The largest absolute Gasteiger partial charge is 0.357 e. The number of likely N-dealkylation sites (N-methyl/N-ethyl adjacent to an activating group) is 1. The maximum Gasteiger partial charge on any atom is 0.244 e. The Morgan fingerprint density at radius 2 is 1.73 bits per heavy atom. The first kappa shape index (κ1) is 24.0. The fourth-order valence-corrected chi connectivity index (χ4v) is 4.15. The molecule has 0 unspecified atom stereocenters. The zero-order valence-electron chi connectivity index (χ0n) is 16.8. The summed E-state index contributed by atoms with van der Waals surface area (Å²) in [7, 11) is -2.28. The average molecular weight is 472 g/mol. The Labute approximate surface area is 186 Å². The number of nitrogens with zero attached hydrogens (tertiary/aromatic N) is 2. The Balaban J connectivity index is 2.38. The van der Waals surface area contributed by atoms with E-state index in [1.807, 2.05) is 0 Å². The summed E-state index contributed by atoms with van der Waals surface area (Å²) in [6.07, 6.45) is 1.02. The summed E-state index contributed by atoms with van der Waals surface area (Å²) in [5.41, 5.74) is 0.932. The molecule has 7 nitrogen and oxygen atoms in total. The van der Waals surface area contributed by atoms with Gasteiger partial charge in [-0.15, -0.1) is 0 Å². The van der Waals surface area contributed by atoms with Crippen molar-refractivity contribution in [3.8, 4) is 0 Å². The zero-order valence-corrected chi connectivity index (χ0v) is 19.1. The van der Waals surface area contributed by atoms with Gasteiger partial charge < -0.3 is 10.2 Å². The SMILES string of the molecule is CNC(=O)[C@H](C)N(Cc1ccc(Cl)cc1Cl)C(=O)CN(c1ccccc1)S(C)(=O)=O. The third kappa shape index (κ3) is 6.10. The van der Waals surface area contributed by atoms with Crippen LogP contribution in [0.25, 0.3) is 0 Å². The van der Waals surface area contributed by atoms with Crippen molar-refractivity contribution in [3.05, 3.63) is 64.1 Å². The van der Waals surface area contributed by atoms with Crippen molar-refractivity contribution in [1.29, 1.82) is 0 Å². The number of hydrogen-bond donors (Lipinski definition) is 1. The number of sulfonamides is 1. The molecule has 2 aromatic rings. The molecule has 30 heavy (non-hydrogen) atoms. The molecule has 10 heteroatoms. The van der Waals surface area contributed by atoms with E-state index in [0.717, 1.165) is 10.6 Å². The van der Waals surface area contributed by atoms with E-state index in [2.05, 4.69) is 5.32 Å². The Morgan fingerprint density at radius 3 is 2.27 bits per heavy atom. The van der Waals surface area contributed by atoms with E-state index in [1.54, 1.807) is 55.5 Å². The highest BCUT2D eigenvalue weighted by atomic mass is 35.5. The number of halogens is 2. The summed E-state index contributed by atoms with van der Waals surface area (Å²) in [6, 6.07) is 12.3. The Morgan fingerprint density at radius 1 is 1.10 bits per heavy atom. The third-order valence-corrected chi connectivity index (χ3v) is 6.22. The van der Waals surface area contributed by atoms with Crippen molar-refractivity contribution in [2.45, 2.75) is 19.5 Å². The second-order valence-corrected chi connectivity index (χ2v) is 9.40. The van der Waals surface area contributed by atoms with Crippen LogP contribution in [0.1, 0.15) is 12.5 Å². The van der Waals surface area contributed by atoms with Crippen LogP contribution in [0.15, 0.2) is 48.5 Å². The van der Waals surface area contributed by atoms with Gasteiger partial charge in [-0.2, -0.15) is 0 Å². The monoisotopic (exact) mass is 471 g/mol. The first-order valence-electron chi connectivity index (χ1n) is 9.02. The van der Waals surface area contributed by atoms with Crippen LogP contribution < -0.4 is 9.62 Å². The van der Waals surface area contributed by atoms with Crippen LogP contribution in [-0.2, 0) is 26.2 Å². The fourth-order valence-electron chi connectivity index (χ4n) is 2.83. The molecule has 0 fully saturated rings. The summed E-state index contributed by atoms with van der Waals surface area (Å²) in [6.45, 7) is 1.11. The Kier molecular flexibility index (Phi) is 8.11. The molecule has 0 saturated heterocycles. The van der Waals surface area contributed by atoms with Gasteiger partial charge in [-0.1, -0.05) is 47.5 Å². The van der Waals surface area contributed by atoms with E-state index in [9.17, 15) is 18.0 Å². The lowest BCUT2D eigenvalue weighted by molar-refractivity contribution is -0.139. The van der Waals surface area contributed by atoms with Gasteiger partial charge in [0.1, 0.15) is 12.6 Å². The highest BCUT2D eigenvalue weighted by Gasteiger charge is 2.30. The minimum Gasteiger partial charge on any atom is -0.357 e. The van der Waals surface area contributed by atoms with E-state index >= 15 is 0 Å². The molecule has 2 aromatic carbocycles. The van der Waals surface area contributed by atoms with Crippen LogP contribution in [0.5, 0.6) is 0 Å². The van der Waals surface area contributed by atoms with Crippen LogP contribution in [0.3, 0.4) is 0 Å². The molecule has 0 aliphatic rings. The number of rotatable bonds is 8. The van der Waals surface area contributed by atoms with E-state index in [0.29, 0.717) is 21.3 Å². The van der Waals surface area contributed by atoms with Gasteiger partial charge in [0.05, 0.1) is 11.9 Å². The first-order chi connectivity index (χ1) is 14.0. The number of para-hydroxylation sites is 1. The van der Waals surface area contributed by atoms with Gasteiger partial charge in [0, 0.05) is 23.6 Å². The molecule has 1 atom stereocenters. The molecule has 1 N–H and O–H groups in total. The number of carbonyl (C=O) groups excluding carboxylic acids is 2. The van der Waals surface area contributed by atoms with Crippen molar-refractivity contribution >= 4 is 50.7 Å². The fraction of sp³-hybridized carbons (Fsp3) is 0.300. The third-order valence-electron chi connectivity index (χ3n) is 4.49. The van der Waals surface area contributed by atoms with E-state index < -0.39 is 28.5 Å². The number of amides is 2. The van der Waals surface area contributed by atoms with Crippen molar-refractivity contribution in [2.24, 2.45) is 0 Å². The normalized spacial score (nSPS) is 12.2. The quantitative estimate of drug-likeness (QED) is 0.640. The van der Waals surface area contributed by atoms with E-state index in [4.69, 9.17) is 23.2 Å². The predicted octanol–water partition coefficient (Wildman–Crippen LogP) is 2.92. The van der Waals surface area contributed by atoms with Crippen molar-refractivity contribution in [1.82, 2.24) is 10.2 Å². The maximum absolute atomic E-state index is 13.2. The highest BCUT2D eigenvalue weighted by molar-refractivity contribution is 7.92. The van der Waals surface area contributed by atoms with Gasteiger partial charge >= 0.3 is 0 Å². The molecule has 2 amide bonds. The molecule has 162 valence electrons. The zero-order chi connectivity index (χ0) is 22.5. The van der Waals surface area contributed by atoms with E-state index in [1.165, 1.54) is 11.9 Å². The molecule has 0 heterocycles. The number of benzene rings is 2. The summed E-state index contributed by atoms with van der Waals surface area (Å²) >= 11 is 12.2. The van der Waals surface area contributed by atoms with Gasteiger partial charge in [-0.25, -0.2) is 8.42 Å². The highest BCUT2D eigenvalue weighted by Crippen LogP contribution is 2.24. The van der Waals surface area contributed by atoms with Gasteiger partial charge in [0.2, 0.25) is 21.8 Å². The molecule has 0 spiro atoms. The Hall–Kier alpha value is -2.29. The molecular weight excluding hydrogens is 449 g/mol. The lowest BCUT2D eigenvalue weighted by Gasteiger charge is -2.31. The summed E-state index contributed by atoms with van der Waals surface area (Å²) in [4.78, 5) is 26.7. The lowest BCUT2D eigenvalue weighted by atomic mass is 10.1. The van der Waals surface area contributed by atoms with Crippen molar-refractivity contribution < 1.29 is 18.0 Å². The molecule has 0 aliphatic heterocycles. The summed E-state index contributed by atoms with van der Waals surface area (Å²) < 4.78 is 25.7. The van der Waals surface area contributed by atoms with Gasteiger partial charge in [0.15, 0.2) is 0 Å². The van der Waals surface area contributed by atoms with E-state index in [-0.39, 0.29) is 12.5 Å². The number of hydrogen-bond acceptors (Lipinski definition) is 4. The molecule has 0 saturated carbocycles. The molecule has 2 rings (SSSR count). The Bertz CT molecular complexity index is 1020. The van der Waals surface area contributed by atoms with Gasteiger partial charge in [-0.3, -0.25) is 13.9 Å². The molecular formula is C20H23Cl2N3O4S. The van der Waals surface area contributed by atoms with Crippen LogP contribution in [-0.4, -0.2) is 51.0 Å². The topological polar surface area (TPSA) is 86.8 Å². The van der Waals surface area contributed by atoms with Gasteiger partial charge in [0.25, 0.3) is 0 Å². The molecule has 0 aliphatic carbocycles. The van der Waals surface area contributed by atoms with Crippen molar-refractivity contribution in [2.75, 3.05) is 24.2 Å². The van der Waals surface area contributed by atoms with Crippen LogP contribution in [0.4, 0.5) is 5.69 Å². The first-order valence-corrected chi connectivity index (χ1v) is 11.6. The predicted molar refractivity (Wildman–Crippen MR) is 119 cm³/mol. The van der Waals surface area contributed by atoms with Crippen molar-refractivity contribution in [3.63, 3.8) is 0 Å². The molecule has 0 aromatic heterocycles. The summed E-state index contributed by atoms with van der Waals surface area (Å²) in [5, 5.41) is 3.28. The second-order valence-electron chi connectivity index (χ2n) is 6.65. The smallest absolute Gasteiger partial charge is 0.244 e.